The molecule has 0 radical (unpaired) electrons. The molecule has 1 aliphatic heterocycles. The van der Waals surface area contributed by atoms with Crippen molar-refractivity contribution in [2.75, 3.05) is 4.90 Å². The second-order valence-corrected chi connectivity index (χ2v) is 7.49. The first-order valence-corrected chi connectivity index (χ1v) is 9.62. The number of rotatable bonds is 3. The number of amides is 3. The van der Waals surface area contributed by atoms with E-state index in [0.29, 0.717) is 10.7 Å². The molecule has 0 atom stereocenters. The molecule has 2 aromatic carbocycles. The summed E-state index contributed by atoms with van der Waals surface area (Å²) in [6.45, 7) is 6.01. The average molecular weight is 406 g/mol. The van der Waals surface area contributed by atoms with Crippen LogP contribution in [0.5, 0.6) is 0 Å². The van der Waals surface area contributed by atoms with Crippen molar-refractivity contribution in [3.05, 3.63) is 87.8 Å². The van der Waals surface area contributed by atoms with E-state index in [4.69, 9.17) is 11.6 Å². The summed E-state index contributed by atoms with van der Waals surface area (Å²) in [5.41, 5.74) is 5.71. The van der Waals surface area contributed by atoms with Crippen LogP contribution < -0.4 is 10.2 Å². The van der Waals surface area contributed by atoms with Crippen LogP contribution in [0.3, 0.4) is 0 Å². The number of hydrogen-bond donors (Lipinski definition) is 1. The van der Waals surface area contributed by atoms with Gasteiger partial charge in [-0.3, -0.25) is 4.79 Å². The van der Waals surface area contributed by atoms with Crippen LogP contribution in [0, 0.1) is 20.8 Å². The highest BCUT2D eigenvalue weighted by Crippen LogP contribution is 2.28. The van der Waals surface area contributed by atoms with Crippen molar-refractivity contribution in [1.82, 2.24) is 9.88 Å². The Hall–Kier alpha value is -3.31. The summed E-state index contributed by atoms with van der Waals surface area (Å²) >= 11 is 6.20. The Balaban J connectivity index is 1.74. The number of hydrogen-bond acceptors (Lipinski definition) is 2. The number of nitrogens with zero attached hydrogens (tertiary/aromatic N) is 2. The summed E-state index contributed by atoms with van der Waals surface area (Å²) in [4.78, 5) is 26.4. The standard InChI is InChI=1S/C23H20ClN3O2/c1-14-9-10-18(24)13-21(14)26-15(2)11-17(16(26)3)12-20-22(28)27(23(29)25-20)19-7-5-4-6-8-19/h4-13H,1-3H3,(H,25,29). The van der Waals surface area contributed by atoms with Gasteiger partial charge in [0.05, 0.1) is 5.69 Å². The highest BCUT2D eigenvalue weighted by Gasteiger charge is 2.35. The number of aryl methyl sites for hydroxylation is 2. The van der Waals surface area contributed by atoms with Gasteiger partial charge in [0.2, 0.25) is 0 Å². The molecule has 0 unspecified atom stereocenters. The number of aromatic nitrogens is 1. The number of urea groups is 1. The van der Waals surface area contributed by atoms with Gasteiger partial charge >= 0.3 is 6.03 Å². The van der Waals surface area contributed by atoms with E-state index in [1.807, 2.05) is 51.1 Å². The van der Waals surface area contributed by atoms with Crippen molar-refractivity contribution in [3.8, 4) is 5.69 Å². The fourth-order valence-electron chi connectivity index (χ4n) is 3.63. The number of imide groups is 1. The van der Waals surface area contributed by atoms with Crippen molar-refractivity contribution < 1.29 is 9.59 Å². The van der Waals surface area contributed by atoms with Crippen LogP contribution in [-0.2, 0) is 4.79 Å². The fraction of sp³-hybridized carbons (Fsp3) is 0.130. The molecule has 1 aliphatic rings. The van der Waals surface area contributed by atoms with Gasteiger partial charge in [-0.05, 0) is 68.3 Å². The molecule has 1 aromatic heterocycles. The van der Waals surface area contributed by atoms with E-state index in [9.17, 15) is 9.59 Å². The Morgan fingerprint density at radius 3 is 2.41 bits per heavy atom. The number of halogens is 1. The van der Waals surface area contributed by atoms with Crippen LogP contribution in [0.1, 0.15) is 22.5 Å². The SMILES string of the molecule is Cc1ccc(Cl)cc1-n1c(C)cc(C=C2NC(=O)N(c3ccccc3)C2=O)c1C. The number of anilines is 1. The molecule has 1 N–H and O–H groups in total. The smallest absolute Gasteiger partial charge is 0.318 e. The first kappa shape index (κ1) is 19.0. The first-order valence-electron chi connectivity index (χ1n) is 9.24. The Labute approximate surface area is 174 Å². The normalized spacial score (nSPS) is 15.3. The van der Waals surface area contributed by atoms with Crippen molar-refractivity contribution in [1.29, 1.82) is 0 Å². The number of carbonyl (C=O) groups is 2. The highest BCUT2D eigenvalue weighted by atomic mass is 35.5. The molecule has 6 heteroatoms. The van der Waals surface area contributed by atoms with E-state index < -0.39 is 6.03 Å². The minimum absolute atomic E-state index is 0.252. The molecule has 3 amide bonds. The molecule has 146 valence electrons. The molecule has 2 heterocycles. The zero-order chi connectivity index (χ0) is 20.7. The van der Waals surface area contributed by atoms with Crippen LogP contribution in [0.15, 0.2) is 60.3 Å². The number of benzene rings is 2. The largest absolute Gasteiger partial charge is 0.333 e. The lowest BCUT2D eigenvalue weighted by atomic mass is 10.2. The van der Waals surface area contributed by atoms with Gasteiger partial charge in [0.25, 0.3) is 5.91 Å². The summed E-state index contributed by atoms with van der Waals surface area (Å²) in [5, 5.41) is 3.35. The van der Waals surface area contributed by atoms with Gasteiger partial charge in [0, 0.05) is 22.1 Å². The van der Waals surface area contributed by atoms with E-state index in [-0.39, 0.29) is 11.6 Å². The van der Waals surface area contributed by atoms with E-state index in [0.717, 1.165) is 33.1 Å². The third-order valence-electron chi connectivity index (χ3n) is 5.07. The number of para-hydroxylation sites is 1. The summed E-state index contributed by atoms with van der Waals surface area (Å²) in [5.74, 6) is -0.370. The number of nitrogens with one attached hydrogen (secondary N) is 1. The van der Waals surface area contributed by atoms with Crippen molar-refractivity contribution in [3.63, 3.8) is 0 Å². The maximum absolute atomic E-state index is 12.8. The average Bonchev–Trinajstić information content (AvgIpc) is 3.13. The third-order valence-corrected chi connectivity index (χ3v) is 5.31. The first-order chi connectivity index (χ1) is 13.9. The zero-order valence-electron chi connectivity index (χ0n) is 16.4. The highest BCUT2D eigenvalue weighted by molar-refractivity contribution is 6.30. The summed E-state index contributed by atoms with van der Waals surface area (Å²) in [6.07, 6.45) is 1.72. The van der Waals surface area contributed by atoms with E-state index in [2.05, 4.69) is 9.88 Å². The Kier molecular flexibility index (Phi) is 4.76. The predicted molar refractivity (Wildman–Crippen MR) is 115 cm³/mol. The second kappa shape index (κ2) is 7.26. The van der Waals surface area contributed by atoms with Crippen molar-refractivity contribution in [2.24, 2.45) is 0 Å². The maximum Gasteiger partial charge on any atom is 0.333 e. The third kappa shape index (κ3) is 3.34. The maximum atomic E-state index is 12.8. The van der Waals surface area contributed by atoms with Crippen LogP contribution in [0.2, 0.25) is 5.02 Å². The lowest BCUT2D eigenvalue weighted by Gasteiger charge is -2.13. The summed E-state index contributed by atoms with van der Waals surface area (Å²) in [7, 11) is 0. The zero-order valence-corrected chi connectivity index (χ0v) is 17.1. The molecular formula is C23H20ClN3O2. The molecule has 3 aromatic rings. The Morgan fingerprint density at radius 2 is 1.69 bits per heavy atom. The van der Waals surface area contributed by atoms with Crippen LogP contribution in [0.25, 0.3) is 11.8 Å². The fourth-order valence-corrected chi connectivity index (χ4v) is 3.80. The molecule has 0 saturated carbocycles. The monoisotopic (exact) mass is 405 g/mol. The summed E-state index contributed by atoms with van der Waals surface area (Å²) < 4.78 is 2.10. The Morgan fingerprint density at radius 1 is 0.966 bits per heavy atom. The predicted octanol–water partition coefficient (Wildman–Crippen LogP) is 5.15. The minimum Gasteiger partial charge on any atom is -0.318 e. The second-order valence-electron chi connectivity index (χ2n) is 7.06. The molecule has 5 nitrogen and oxygen atoms in total. The van der Waals surface area contributed by atoms with Gasteiger partial charge in [0.15, 0.2) is 0 Å². The lowest BCUT2D eigenvalue weighted by molar-refractivity contribution is -0.113. The molecular weight excluding hydrogens is 386 g/mol. The van der Waals surface area contributed by atoms with Gasteiger partial charge in [-0.1, -0.05) is 35.9 Å². The lowest BCUT2D eigenvalue weighted by Crippen LogP contribution is -2.30. The summed E-state index contributed by atoms with van der Waals surface area (Å²) in [6, 6.07) is 16.2. The Bertz CT molecular complexity index is 1160. The van der Waals surface area contributed by atoms with Gasteiger partial charge in [-0.25, -0.2) is 9.69 Å². The van der Waals surface area contributed by atoms with Crippen molar-refractivity contribution >= 4 is 35.3 Å². The molecule has 4 rings (SSSR count). The van der Waals surface area contributed by atoms with Gasteiger partial charge in [-0.15, -0.1) is 0 Å². The van der Waals surface area contributed by atoms with Crippen LogP contribution >= 0.6 is 11.6 Å². The number of carbonyl (C=O) groups excluding carboxylic acids is 2. The molecule has 0 bridgehead atoms. The van der Waals surface area contributed by atoms with E-state index in [1.165, 1.54) is 0 Å². The molecule has 1 saturated heterocycles. The topological polar surface area (TPSA) is 54.3 Å². The molecule has 1 fully saturated rings. The van der Waals surface area contributed by atoms with Gasteiger partial charge < -0.3 is 9.88 Å². The van der Waals surface area contributed by atoms with Gasteiger partial charge in [0.1, 0.15) is 5.70 Å². The van der Waals surface area contributed by atoms with Crippen LogP contribution in [-0.4, -0.2) is 16.5 Å². The van der Waals surface area contributed by atoms with Crippen LogP contribution in [0.4, 0.5) is 10.5 Å². The molecule has 29 heavy (non-hydrogen) atoms. The molecule has 0 aliphatic carbocycles. The molecule has 0 spiro atoms. The van der Waals surface area contributed by atoms with Gasteiger partial charge in [-0.2, -0.15) is 0 Å². The quantitative estimate of drug-likeness (QED) is 0.483. The van der Waals surface area contributed by atoms with E-state index in [1.54, 1.807) is 30.3 Å². The minimum atomic E-state index is -0.452. The van der Waals surface area contributed by atoms with E-state index >= 15 is 0 Å². The van der Waals surface area contributed by atoms with Crippen molar-refractivity contribution in [2.45, 2.75) is 20.8 Å².